The molecule has 1 amide bonds. The van der Waals surface area contributed by atoms with Crippen LogP contribution in [-0.2, 0) is 0 Å². The molecule has 0 fully saturated rings. The standard InChI is InChI=1S/C12H18N2O4/c1-7(12(2,3)4)6-13-10(15)8-5-9(11(16)17)18-14-8/h5,7H,6H2,1-4H3,(H,13,15)(H,16,17). The molecule has 2 N–H and O–H groups in total. The Bertz CT molecular complexity index is 445. The van der Waals surface area contributed by atoms with Gasteiger partial charge < -0.3 is 14.9 Å². The topological polar surface area (TPSA) is 92.4 Å². The molecule has 100 valence electrons. The van der Waals surface area contributed by atoms with E-state index < -0.39 is 11.9 Å². The number of carbonyl (C=O) groups is 2. The Morgan fingerprint density at radius 1 is 1.50 bits per heavy atom. The number of hydrogen-bond acceptors (Lipinski definition) is 4. The van der Waals surface area contributed by atoms with Gasteiger partial charge in [0.15, 0.2) is 5.69 Å². The third-order valence-corrected chi connectivity index (χ3v) is 3.00. The van der Waals surface area contributed by atoms with Crippen molar-refractivity contribution in [2.75, 3.05) is 6.54 Å². The molecule has 0 aliphatic heterocycles. The highest BCUT2D eigenvalue weighted by atomic mass is 16.5. The predicted molar refractivity (Wildman–Crippen MR) is 64.4 cm³/mol. The molecule has 0 aliphatic rings. The van der Waals surface area contributed by atoms with Crippen molar-refractivity contribution in [2.45, 2.75) is 27.7 Å². The maximum atomic E-state index is 11.7. The summed E-state index contributed by atoms with van der Waals surface area (Å²) in [5, 5.41) is 14.8. The number of amides is 1. The number of aromatic carboxylic acids is 1. The molecule has 0 aromatic carbocycles. The van der Waals surface area contributed by atoms with Gasteiger partial charge >= 0.3 is 5.97 Å². The largest absolute Gasteiger partial charge is 0.475 e. The zero-order chi connectivity index (χ0) is 13.9. The number of nitrogens with zero attached hydrogens (tertiary/aromatic N) is 1. The van der Waals surface area contributed by atoms with Crippen LogP contribution in [0.2, 0.25) is 0 Å². The van der Waals surface area contributed by atoms with Crippen molar-refractivity contribution in [2.24, 2.45) is 11.3 Å². The molecule has 6 heteroatoms. The molecule has 0 aliphatic carbocycles. The fourth-order valence-electron chi connectivity index (χ4n) is 1.13. The Morgan fingerprint density at radius 2 is 2.11 bits per heavy atom. The molecule has 0 radical (unpaired) electrons. The lowest BCUT2D eigenvalue weighted by Gasteiger charge is -2.27. The van der Waals surface area contributed by atoms with Gasteiger partial charge in [0.25, 0.3) is 5.91 Å². The fourth-order valence-corrected chi connectivity index (χ4v) is 1.13. The third kappa shape index (κ3) is 3.58. The summed E-state index contributed by atoms with van der Waals surface area (Å²) in [7, 11) is 0. The zero-order valence-corrected chi connectivity index (χ0v) is 11.0. The van der Waals surface area contributed by atoms with Gasteiger partial charge in [-0.15, -0.1) is 0 Å². The van der Waals surface area contributed by atoms with E-state index in [2.05, 4.69) is 35.8 Å². The molecule has 0 saturated heterocycles. The predicted octanol–water partition coefficient (Wildman–Crippen LogP) is 1.78. The molecule has 1 heterocycles. The summed E-state index contributed by atoms with van der Waals surface area (Å²) in [6, 6.07) is 1.11. The van der Waals surface area contributed by atoms with Crippen LogP contribution in [0.4, 0.5) is 0 Å². The van der Waals surface area contributed by atoms with Crippen molar-refractivity contribution in [3.63, 3.8) is 0 Å². The number of nitrogens with one attached hydrogen (secondary N) is 1. The van der Waals surface area contributed by atoms with Crippen molar-refractivity contribution in [1.82, 2.24) is 10.5 Å². The first-order valence-electron chi connectivity index (χ1n) is 5.70. The minimum atomic E-state index is -1.25. The second-order valence-electron chi connectivity index (χ2n) is 5.36. The lowest BCUT2D eigenvalue weighted by atomic mass is 9.82. The van der Waals surface area contributed by atoms with Crippen LogP contribution >= 0.6 is 0 Å². The van der Waals surface area contributed by atoms with Crippen LogP contribution < -0.4 is 5.32 Å². The van der Waals surface area contributed by atoms with E-state index in [1.807, 2.05) is 6.92 Å². The average molecular weight is 254 g/mol. The highest BCUT2D eigenvalue weighted by Gasteiger charge is 2.22. The van der Waals surface area contributed by atoms with Crippen molar-refractivity contribution >= 4 is 11.9 Å². The Kier molecular flexibility index (Phi) is 4.11. The molecule has 1 rings (SSSR count). The summed E-state index contributed by atoms with van der Waals surface area (Å²) in [6.07, 6.45) is 0. The van der Waals surface area contributed by atoms with Crippen LogP contribution in [0.5, 0.6) is 0 Å². The van der Waals surface area contributed by atoms with Crippen LogP contribution in [-0.4, -0.2) is 28.7 Å². The average Bonchev–Trinajstić information content (AvgIpc) is 2.73. The number of carboxylic acid groups (broad SMARTS) is 1. The maximum Gasteiger partial charge on any atom is 0.374 e. The fraction of sp³-hybridized carbons (Fsp3) is 0.583. The van der Waals surface area contributed by atoms with Crippen molar-refractivity contribution in [1.29, 1.82) is 0 Å². The third-order valence-electron chi connectivity index (χ3n) is 3.00. The van der Waals surface area contributed by atoms with Gasteiger partial charge in [-0.3, -0.25) is 4.79 Å². The minimum absolute atomic E-state index is 0.0199. The SMILES string of the molecule is CC(CNC(=O)c1cc(C(=O)O)on1)C(C)(C)C. The monoisotopic (exact) mass is 254 g/mol. The first-order valence-corrected chi connectivity index (χ1v) is 5.70. The van der Waals surface area contributed by atoms with E-state index in [4.69, 9.17) is 5.11 Å². The van der Waals surface area contributed by atoms with Crippen LogP contribution in [0.3, 0.4) is 0 Å². The van der Waals surface area contributed by atoms with E-state index in [1.54, 1.807) is 0 Å². The van der Waals surface area contributed by atoms with Crippen molar-refractivity contribution < 1.29 is 19.2 Å². The van der Waals surface area contributed by atoms with E-state index >= 15 is 0 Å². The van der Waals surface area contributed by atoms with Crippen molar-refractivity contribution in [3.05, 3.63) is 17.5 Å². The Labute approximate surface area is 105 Å². The van der Waals surface area contributed by atoms with Crippen molar-refractivity contribution in [3.8, 4) is 0 Å². The number of aromatic nitrogens is 1. The van der Waals surface area contributed by atoms with Gasteiger partial charge in [0.1, 0.15) is 0 Å². The molecule has 1 aromatic rings. The summed E-state index contributed by atoms with van der Waals surface area (Å²) in [6.45, 7) is 8.79. The first kappa shape index (κ1) is 14.2. The quantitative estimate of drug-likeness (QED) is 0.854. The molecule has 6 nitrogen and oxygen atoms in total. The highest BCUT2D eigenvalue weighted by Crippen LogP contribution is 2.24. The summed E-state index contributed by atoms with van der Waals surface area (Å²) in [5.74, 6) is -1.73. The molecule has 0 spiro atoms. The lowest BCUT2D eigenvalue weighted by Crippen LogP contribution is -2.33. The summed E-state index contributed by atoms with van der Waals surface area (Å²) in [5.41, 5.74) is 0.0667. The maximum absolute atomic E-state index is 11.7. The van der Waals surface area contributed by atoms with Crippen LogP contribution in [0.25, 0.3) is 0 Å². The van der Waals surface area contributed by atoms with E-state index in [-0.39, 0.29) is 22.8 Å². The van der Waals surface area contributed by atoms with E-state index in [9.17, 15) is 9.59 Å². The smallest absolute Gasteiger partial charge is 0.374 e. The van der Waals surface area contributed by atoms with Gasteiger partial charge in [0, 0.05) is 12.6 Å². The van der Waals surface area contributed by atoms with Gasteiger partial charge in [-0.05, 0) is 11.3 Å². The lowest BCUT2D eigenvalue weighted by molar-refractivity contribution is 0.0651. The number of carbonyl (C=O) groups excluding carboxylic acids is 1. The molecule has 0 bridgehead atoms. The molecular weight excluding hydrogens is 236 g/mol. The van der Waals surface area contributed by atoms with Gasteiger partial charge in [-0.2, -0.15) is 0 Å². The Hall–Kier alpha value is -1.85. The highest BCUT2D eigenvalue weighted by molar-refractivity contribution is 5.94. The minimum Gasteiger partial charge on any atom is -0.475 e. The molecular formula is C12H18N2O4. The van der Waals surface area contributed by atoms with Gasteiger partial charge in [-0.25, -0.2) is 4.79 Å². The van der Waals surface area contributed by atoms with Gasteiger partial charge in [-0.1, -0.05) is 32.9 Å². The summed E-state index contributed by atoms with van der Waals surface area (Å²) in [4.78, 5) is 22.3. The molecule has 1 atom stereocenters. The Balaban J connectivity index is 2.58. The molecule has 0 saturated carbocycles. The van der Waals surface area contributed by atoms with E-state index in [1.165, 1.54) is 0 Å². The van der Waals surface area contributed by atoms with E-state index in [0.29, 0.717) is 6.54 Å². The summed E-state index contributed by atoms with van der Waals surface area (Å²) >= 11 is 0. The summed E-state index contributed by atoms with van der Waals surface area (Å²) < 4.78 is 4.51. The van der Waals surface area contributed by atoms with E-state index in [0.717, 1.165) is 6.07 Å². The van der Waals surface area contributed by atoms with Crippen LogP contribution in [0.15, 0.2) is 10.6 Å². The first-order chi connectivity index (χ1) is 8.21. The number of hydrogen-bond donors (Lipinski definition) is 2. The van der Waals surface area contributed by atoms with Crippen LogP contribution in [0, 0.1) is 11.3 Å². The molecule has 1 aromatic heterocycles. The zero-order valence-electron chi connectivity index (χ0n) is 11.0. The van der Waals surface area contributed by atoms with Gasteiger partial charge in [0.05, 0.1) is 0 Å². The molecule has 18 heavy (non-hydrogen) atoms. The van der Waals surface area contributed by atoms with Gasteiger partial charge in [0.2, 0.25) is 5.76 Å². The van der Waals surface area contributed by atoms with Crippen LogP contribution in [0.1, 0.15) is 48.7 Å². The normalized spacial score (nSPS) is 13.1. The second-order valence-corrected chi connectivity index (χ2v) is 5.36. The number of rotatable bonds is 4. The Morgan fingerprint density at radius 3 is 2.56 bits per heavy atom. The second kappa shape index (κ2) is 5.20. The number of carboxylic acids is 1. The molecule has 1 unspecified atom stereocenters.